The largest absolute Gasteiger partial charge is 0.493 e. The average molecular weight is 629 g/mol. The molecule has 0 aliphatic carbocycles. The normalized spacial score (nSPS) is 11.3. The SMILES string of the molecule is CCCCCCCCOc1cc(/C=C/c2ccc([N+](=O)[O-])cc2)c(OCCCCCCCC)cc1/C=C/c1ccc([N+](=O)[O-])cc1. The first-order chi connectivity index (χ1) is 22.4. The molecule has 8 heteroatoms. The average Bonchev–Trinajstić information content (AvgIpc) is 3.06. The molecular weight excluding hydrogens is 580 g/mol. The minimum Gasteiger partial charge on any atom is -0.493 e. The standard InChI is InChI=1S/C38H48N2O6/c1-3-5-7-9-11-13-27-45-37-29-34(22-16-32-19-25-36(26-20-32)40(43)44)38(46-28-14-12-10-8-6-4-2)30-33(37)21-15-31-17-23-35(24-18-31)39(41)42/h15-26,29-30H,3-14,27-28H2,1-2H3/b21-15+,22-16+. The van der Waals surface area contributed by atoms with Crippen LogP contribution in [0.5, 0.6) is 11.5 Å². The van der Waals surface area contributed by atoms with Crippen molar-refractivity contribution < 1.29 is 19.3 Å². The zero-order chi connectivity index (χ0) is 33.0. The zero-order valence-electron chi connectivity index (χ0n) is 27.3. The van der Waals surface area contributed by atoms with Crippen LogP contribution < -0.4 is 9.47 Å². The number of hydrogen-bond donors (Lipinski definition) is 0. The van der Waals surface area contributed by atoms with E-state index in [1.54, 1.807) is 24.3 Å². The Bertz CT molecular complexity index is 1310. The maximum Gasteiger partial charge on any atom is 0.269 e. The monoisotopic (exact) mass is 628 g/mol. The summed E-state index contributed by atoms with van der Waals surface area (Å²) in [6, 6.07) is 16.9. The molecule has 8 nitrogen and oxygen atoms in total. The van der Waals surface area contributed by atoms with Gasteiger partial charge in [0.2, 0.25) is 0 Å². The third-order valence-electron chi connectivity index (χ3n) is 7.77. The molecular formula is C38H48N2O6. The van der Waals surface area contributed by atoms with E-state index in [1.807, 2.05) is 36.4 Å². The van der Waals surface area contributed by atoms with Gasteiger partial charge in [0.25, 0.3) is 11.4 Å². The smallest absolute Gasteiger partial charge is 0.269 e. The highest BCUT2D eigenvalue weighted by molar-refractivity contribution is 5.79. The quantitative estimate of drug-likeness (QED) is 0.0474. The van der Waals surface area contributed by atoms with Crippen molar-refractivity contribution in [1.82, 2.24) is 0 Å². The summed E-state index contributed by atoms with van der Waals surface area (Å²) in [7, 11) is 0. The Morgan fingerprint density at radius 3 is 1.22 bits per heavy atom. The maximum atomic E-state index is 11.1. The molecule has 0 fully saturated rings. The van der Waals surface area contributed by atoms with Crippen molar-refractivity contribution in [1.29, 1.82) is 0 Å². The Balaban J connectivity index is 1.88. The van der Waals surface area contributed by atoms with Gasteiger partial charge in [-0.05, 0) is 60.4 Å². The van der Waals surface area contributed by atoms with Gasteiger partial charge >= 0.3 is 0 Å². The van der Waals surface area contributed by atoms with Crippen LogP contribution in [-0.4, -0.2) is 23.1 Å². The molecule has 0 unspecified atom stereocenters. The van der Waals surface area contributed by atoms with Gasteiger partial charge in [-0.1, -0.05) is 102 Å². The maximum absolute atomic E-state index is 11.1. The summed E-state index contributed by atoms with van der Waals surface area (Å²) in [5.74, 6) is 1.45. The van der Waals surface area contributed by atoms with Gasteiger partial charge < -0.3 is 9.47 Å². The summed E-state index contributed by atoms with van der Waals surface area (Å²) >= 11 is 0. The van der Waals surface area contributed by atoms with Crippen LogP contribution in [0.4, 0.5) is 11.4 Å². The molecule has 46 heavy (non-hydrogen) atoms. The highest BCUT2D eigenvalue weighted by Gasteiger charge is 2.11. The number of nitro groups is 2. The number of unbranched alkanes of at least 4 members (excludes halogenated alkanes) is 10. The summed E-state index contributed by atoms with van der Waals surface area (Å²) in [5.41, 5.74) is 3.49. The second-order valence-electron chi connectivity index (χ2n) is 11.5. The van der Waals surface area contributed by atoms with Gasteiger partial charge in [0.1, 0.15) is 11.5 Å². The van der Waals surface area contributed by atoms with Crippen LogP contribution >= 0.6 is 0 Å². The molecule has 0 atom stereocenters. The summed E-state index contributed by atoms with van der Waals surface area (Å²) in [6.07, 6.45) is 21.7. The fourth-order valence-corrected chi connectivity index (χ4v) is 5.02. The molecule has 0 bridgehead atoms. The van der Waals surface area contributed by atoms with Crippen molar-refractivity contribution in [2.24, 2.45) is 0 Å². The van der Waals surface area contributed by atoms with Crippen LogP contribution in [0.25, 0.3) is 24.3 Å². The van der Waals surface area contributed by atoms with E-state index in [1.165, 1.54) is 75.6 Å². The Labute approximate surface area is 273 Å². The molecule has 3 aromatic rings. The van der Waals surface area contributed by atoms with Crippen molar-refractivity contribution in [3.05, 3.63) is 103 Å². The molecule has 0 saturated heterocycles. The first kappa shape index (κ1) is 36.0. The predicted octanol–water partition coefficient (Wildman–Crippen LogP) is 11.3. The number of non-ortho nitro benzene ring substituents is 2. The van der Waals surface area contributed by atoms with E-state index in [9.17, 15) is 20.2 Å². The fourth-order valence-electron chi connectivity index (χ4n) is 5.02. The van der Waals surface area contributed by atoms with Crippen LogP contribution in [-0.2, 0) is 0 Å². The predicted molar refractivity (Wildman–Crippen MR) is 188 cm³/mol. The molecule has 0 N–H and O–H groups in total. The summed E-state index contributed by atoms with van der Waals surface area (Å²) in [4.78, 5) is 21.4. The molecule has 0 saturated carbocycles. The van der Waals surface area contributed by atoms with E-state index in [0.29, 0.717) is 13.2 Å². The lowest BCUT2D eigenvalue weighted by molar-refractivity contribution is -0.385. The van der Waals surface area contributed by atoms with E-state index in [2.05, 4.69) is 13.8 Å². The lowest BCUT2D eigenvalue weighted by Gasteiger charge is -2.15. The molecule has 0 amide bonds. The van der Waals surface area contributed by atoms with Gasteiger partial charge in [-0.25, -0.2) is 0 Å². The second kappa shape index (κ2) is 20.5. The Morgan fingerprint density at radius 1 is 0.522 bits per heavy atom. The minimum atomic E-state index is -0.405. The van der Waals surface area contributed by atoms with Gasteiger partial charge in [-0.2, -0.15) is 0 Å². The molecule has 0 spiro atoms. The van der Waals surface area contributed by atoms with Crippen molar-refractivity contribution >= 4 is 35.7 Å². The van der Waals surface area contributed by atoms with E-state index < -0.39 is 9.85 Å². The molecule has 0 aliphatic rings. The number of hydrogen-bond acceptors (Lipinski definition) is 6. The van der Waals surface area contributed by atoms with Gasteiger partial charge in [0.15, 0.2) is 0 Å². The Kier molecular flexibility index (Phi) is 16.1. The fraction of sp³-hybridized carbons (Fsp3) is 0.421. The van der Waals surface area contributed by atoms with Crippen molar-refractivity contribution in [2.75, 3.05) is 13.2 Å². The third kappa shape index (κ3) is 12.9. The summed E-state index contributed by atoms with van der Waals surface area (Å²) in [5, 5.41) is 22.2. The minimum absolute atomic E-state index is 0.0506. The van der Waals surface area contributed by atoms with Crippen molar-refractivity contribution in [2.45, 2.75) is 90.9 Å². The van der Waals surface area contributed by atoms with Gasteiger partial charge in [-0.15, -0.1) is 0 Å². The van der Waals surface area contributed by atoms with Crippen LogP contribution in [0.3, 0.4) is 0 Å². The van der Waals surface area contributed by atoms with Crippen LogP contribution in [0.2, 0.25) is 0 Å². The van der Waals surface area contributed by atoms with Gasteiger partial charge in [0, 0.05) is 35.4 Å². The summed E-state index contributed by atoms with van der Waals surface area (Å²) in [6.45, 7) is 5.61. The van der Waals surface area contributed by atoms with Gasteiger partial charge in [-0.3, -0.25) is 20.2 Å². The molecule has 3 aromatic carbocycles. The van der Waals surface area contributed by atoms with Crippen molar-refractivity contribution in [3.63, 3.8) is 0 Å². The number of nitro benzene ring substituents is 2. The topological polar surface area (TPSA) is 105 Å². The second-order valence-corrected chi connectivity index (χ2v) is 11.5. The molecule has 246 valence electrons. The summed E-state index contributed by atoms with van der Waals surface area (Å²) < 4.78 is 12.7. The van der Waals surface area contributed by atoms with Crippen LogP contribution in [0.15, 0.2) is 60.7 Å². The molecule has 0 aliphatic heterocycles. The molecule has 0 aromatic heterocycles. The highest BCUT2D eigenvalue weighted by atomic mass is 16.6. The van der Waals surface area contributed by atoms with Gasteiger partial charge in [0.05, 0.1) is 23.1 Å². The van der Waals surface area contributed by atoms with Crippen LogP contribution in [0.1, 0.15) is 113 Å². The number of nitrogens with zero attached hydrogens (tertiary/aromatic N) is 2. The van der Waals surface area contributed by atoms with E-state index >= 15 is 0 Å². The molecule has 0 radical (unpaired) electrons. The highest BCUT2D eigenvalue weighted by Crippen LogP contribution is 2.33. The zero-order valence-corrected chi connectivity index (χ0v) is 27.3. The number of ether oxygens (including phenoxy) is 2. The Hall–Kier alpha value is -4.46. The third-order valence-corrected chi connectivity index (χ3v) is 7.77. The first-order valence-electron chi connectivity index (χ1n) is 16.7. The molecule has 3 rings (SSSR count). The lowest BCUT2D eigenvalue weighted by Crippen LogP contribution is -2.03. The van der Waals surface area contributed by atoms with Crippen LogP contribution in [0, 0.1) is 20.2 Å². The first-order valence-corrected chi connectivity index (χ1v) is 16.7. The van der Waals surface area contributed by atoms with E-state index in [-0.39, 0.29) is 11.4 Å². The number of benzene rings is 3. The van der Waals surface area contributed by atoms with Crippen molar-refractivity contribution in [3.8, 4) is 11.5 Å². The molecule has 0 heterocycles. The van der Waals surface area contributed by atoms with E-state index in [0.717, 1.165) is 59.4 Å². The lowest BCUT2D eigenvalue weighted by atomic mass is 10.0. The van der Waals surface area contributed by atoms with E-state index in [4.69, 9.17) is 9.47 Å². The number of rotatable bonds is 22. The Morgan fingerprint density at radius 2 is 0.870 bits per heavy atom.